The Kier molecular flexibility index (Phi) is 6.52. The number of hydrogen-bond acceptors (Lipinski definition) is 4. The van der Waals surface area contributed by atoms with Crippen molar-refractivity contribution in [1.82, 2.24) is 4.57 Å². The van der Waals surface area contributed by atoms with Crippen molar-refractivity contribution in [2.45, 2.75) is 31.9 Å². The van der Waals surface area contributed by atoms with Gasteiger partial charge in [0.15, 0.2) is 11.5 Å². The predicted molar refractivity (Wildman–Crippen MR) is 120 cm³/mol. The molecule has 31 heavy (non-hydrogen) atoms. The zero-order chi connectivity index (χ0) is 21.8. The first-order valence-electron chi connectivity index (χ1n) is 10.7. The van der Waals surface area contributed by atoms with Crippen LogP contribution in [-0.2, 0) is 19.4 Å². The van der Waals surface area contributed by atoms with Gasteiger partial charge in [-0.3, -0.25) is 0 Å². The molecule has 0 spiro atoms. The maximum Gasteiger partial charge on any atom is 0.203 e. The minimum Gasteiger partial charge on any atom is -0.493 e. The Morgan fingerprint density at radius 3 is 2.19 bits per heavy atom. The predicted octanol–water partition coefficient (Wildman–Crippen LogP) is 4.47. The lowest BCUT2D eigenvalue weighted by atomic mass is 9.85. The van der Waals surface area contributed by atoms with E-state index < -0.39 is 6.10 Å². The van der Waals surface area contributed by atoms with Crippen LogP contribution in [0.3, 0.4) is 0 Å². The summed E-state index contributed by atoms with van der Waals surface area (Å²) in [6, 6.07) is 17.4. The summed E-state index contributed by atoms with van der Waals surface area (Å²) in [5, 5.41) is 11.5. The van der Waals surface area contributed by atoms with Crippen LogP contribution < -0.4 is 14.2 Å². The summed E-state index contributed by atoms with van der Waals surface area (Å²) in [7, 11) is 4.77. The van der Waals surface area contributed by atoms with Gasteiger partial charge in [0, 0.05) is 30.9 Å². The van der Waals surface area contributed by atoms with Crippen LogP contribution in [0, 0.1) is 17.9 Å². The first-order valence-corrected chi connectivity index (χ1v) is 10.7. The van der Waals surface area contributed by atoms with Gasteiger partial charge < -0.3 is 23.9 Å². The Bertz CT molecular complexity index is 948. The molecule has 0 saturated carbocycles. The molecule has 2 aromatic carbocycles. The zero-order valence-corrected chi connectivity index (χ0v) is 18.4. The van der Waals surface area contributed by atoms with Gasteiger partial charge in [0.2, 0.25) is 5.75 Å². The quantitative estimate of drug-likeness (QED) is 0.555. The number of fused-ring (bicyclic) bond motifs is 1. The second kappa shape index (κ2) is 9.48. The van der Waals surface area contributed by atoms with E-state index in [9.17, 15) is 5.11 Å². The van der Waals surface area contributed by atoms with Crippen molar-refractivity contribution in [1.29, 1.82) is 0 Å². The van der Waals surface area contributed by atoms with Crippen LogP contribution in [0.5, 0.6) is 17.2 Å². The van der Waals surface area contributed by atoms with Crippen LogP contribution in [0.4, 0.5) is 0 Å². The monoisotopic (exact) mass is 420 g/mol. The minimum absolute atomic E-state index is 0.0305. The fourth-order valence-corrected chi connectivity index (χ4v) is 4.80. The largest absolute Gasteiger partial charge is 0.493 e. The van der Waals surface area contributed by atoms with E-state index in [1.165, 1.54) is 11.1 Å². The molecule has 1 heterocycles. The van der Waals surface area contributed by atoms with Gasteiger partial charge in [-0.25, -0.2) is 0 Å². The summed E-state index contributed by atoms with van der Waals surface area (Å²) in [5.74, 6) is 2.18. The van der Waals surface area contributed by atoms with Gasteiger partial charge in [-0.1, -0.05) is 24.3 Å². The molecule has 0 fully saturated rings. The number of nitrogens with zero attached hydrogens (tertiary/aromatic N) is 1. The molecule has 5 nitrogen and oxygen atoms in total. The summed E-state index contributed by atoms with van der Waals surface area (Å²) in [5.41, 5.74) is 3.64. The average molecular weight is 421 g/mol. The molecule has 1 aromatic heterocycles. The number of ether oxygens (including phenoxy) is 3. The Balaban J connectivity index is 1.61. The molecule has 163 valence electrons. The average Bonchev–Trinajstić information content (AvgIpc) is 3.46. The molecule has 2 atom stereocenters. The third-order valence-electron chi connectivity index (χ3n) is 6.29. The van der Waals surface area contributed by atoms with Crippen molar-refractivity contribution >= 4 is 0 Å². The molecule has 1 N–H and O–H groups in total. The molecular weight excluding hydrogens is 390 g/mol. The van der Waals surface area contributed by atoms with E-state index in [2.05, 4.69) is 34.9 Å². The minimum atomic E-state index is -0.667. The van der Waals surface area contributed by atoms with Gasteiger partial charge >= 0.3 is 0 Å². The Morgan fingerprint density at radius 2 is 1.68 bits per heavy atom. The highest BCUT2D eigenvalue weighted by Gasteiger charge is 2.30. The van der Waals surface area contributed by atoms with Crippen molar-refractivity contribution in [2.24, 2.45) is 11.8 Å². The zero-order valence-electron chi connectivity index (χ0n) is 18.4. The van der Waals surface area contributed by atoms with Crippen LogP contribution >= 0.6 is 0 Å². The van der Waals surface area contributed by atoms with Crippen LogP contribution in [0.15, 0.2) is 54.9 Å². The molecular formula is C26H30NO4. The van der Waals surface area contributed by atoms with E-state index in [0.717, 1.165) is 24.8 Å². The Labute approximate surface area is 184 Å². The number of hydrogen-bond donors (Lipinski definition) is 1. The highest BCUT2D eigenvalue weighted by atomic mass is 16.5. The maximum atomic E-state index is 11.5. The van der Waals surface area contributed by atoms with Crippen molar-refractivity contribution in [2.75, 3.05) is 21.3 Å². The number of aromatic nitrogens is 1. The number of benzene rings is 2. The summed E-state index contributed by atoms with van der Waals surface area (Å²) in [4.78, 5) is 0. The van der Waals surface area contributed by atoms with E-state index in [1.807, 2.05) is 30.6 Å². The van der Waals surface area contributed by atoms with Crippen LogP contribution in [0.25, 0.3) is 0 Å². The highest BCUT2D eigenvalue weighted by Crippen LogP contribution is 2.42. The molecule has 0 amide bonds. The van der Waals surface area contributed by atoms with Crippen LogP contribution in [-0.4, -0.2) is 31.0 Å². The summed E-state index contributed by atoms with van der Waals surface area (Å²) >= 11 is 0. The van der Waals surface area contributed by atoms with Gasteiger partial charge in [-0.15, -0.1) is 0 Å². The number of methoxy groups -OCH3 is 3. The SMILES string of the molecule is COc1cc([C@@H](O)[C@H](CC2Cc3ccccc3C2)Cn2c[c]cc2)cc(OC)c1OC. The second-order valence-corrected chi connectivity index (χ2v) is 8.25. The molecule has 0 bridgehead atoms. The standard InChI is InChI=1S/C26H30NO4/c1-29-23-15-21(16-24(30-2)26(23)31-3)25(28)22(17-27-10-6-7-11-27)14-18-12-19-8-4-5-9-20(19)13-18/h4-6,8-11,15-16,18,22,25,28H,12-14,17H2,1-3H3/t22-,25-/m1/s1. The first-order chi connectivity index (χ1) is 15.1. The first kappa shape index (κ1) is 21.3. The van der Waals surface area contributed by atoms with Crippen LogP contribution in [0.1, 0.15) is 29.2 Å². The summed E-state index contributed by atoms with van der Waals surface area (Å²) < 4.78 is 18.5. The molecule has 1 aliphatic carbocycles. The number of aliphatic hydroxyl groups excluding tert-OH is 1. The van der Waals surface area contributed by atoms with Gasteiger partial charge in [-0.2, -0.15) is 0 Å². The van der Waals surface area contributed by atoms with Crippen LogP contribution in [0.2, 0.25) is 0 Å². The van der Waals surface area contributed by atoms with E-state index >= 15 is 0 Å². The van der Waals surface area contributed by atoms with Gasteiger partial charge in [0.25, 0.3) is 0 Å². The molecule has 1 radical (unpaired) electrons. The van der Waals surface area contributed by atoms with Crippen molar-refractivity contribution in [3.05, 3.63) is 77.6 Å². The fourth-order valence-electron chi connectivity index (χ4n) is 4.80. The van der Waals surface area contributed by atoms with E-state index in [1.54, 1.807) is 21.3 Å². The molecule has 5 heteroatoms. The summed E-state index contributed by atoms with van der Waals surface area (Å²) in [6.07, 6.45) is 6.31. The number of rotatable bonds is 9. The fraction of sp³-hybridized carbons (Fsp3) is 0.385. The number of aliphatic hydroxyl groups is 1. The molecule has 4 rings (SSSR count). The van der Waals surface area contributed by atoms with Crippen molar-refractivity contribution in [3.63, 3.8) is 0 Å². The second-order valence-electron chi connectivity index (χ2n) is 8.25. The van der Waals surface area contributed by atoms with Gasteiger partial charge in [0.1, 0.15) is 0 Å². The lowest BCUT2D eigenvalue weighted by Crippen LogP contribution is -2.22. The van der Waals surface area contributed by atoms with Crippen molar-refractivity contribution in [3.8, 4) is 17.2 Å². The smallest absolute Gasteiger partial charge is 0.203 e. The molecule has 3 aromatic rings. The van der Waals surface area contributed by atoms with E-state index in [-0.39, 0.29) is 5.92 Å². The summed E-state index contributed by atoms with van der Waals surface area (Å²) in [6.45, 7) is 0.716. The van der Waals surface area contributed by atoms with Gasteiger partial charge in [0.05, 0.1) is 27.4 Å². The topological polar surface area (TPSA) is 52.9 Å². The van der Waals surface area contributed by atoms with Gasteiger partial charge in [-0.05, 0) is 60.1 Å². The lowest BCUT2D eigenvalue weighted by Gasteiger charge is -2.27. The third-order valence-corrected chi connectivity index (χ3v) is 6.29. The van der Waals surface area contributed by atoms with E-state index in [0.29, 0.717) is 29.7 Å². The maximum absolute atomic E-state index is 11.5. The Morgan fingerprint density at radius 1 is 1.03 bits per heavy atom. The highest BCUT2D eigenvalue weighted by molar-refractivity contribution is 5.54. The molecule has 1 aliphatic rings. The normalized spacial score (nSPS) is 15.4. The Hall–Kier alpha value is -2.92. The van der Waals surface area contributed by atoms with E-state index in [4.69, 9.17) is 14.2 Å². The third kappa shape index (κ3) is 4.57. The van der Waals surface area contributed by atoms with Crippen molar-refractivity contribution < 1.29 is 19.3 Å². The molecule has 0 unspecified atom stereocenters. The molecule has 0 aliphatic heterocycles. The lowest BCUT2D eigenvalue weighted by molar-refractivity contribution is 0.0815. The molecule has 0 saturated heterocycles.